The predicted molar refractivity (Wildman–Crippen MR) is 103 cm³/mol. The number of rotatable bonds is 4. The van der Waals surface area contributed by atoms with Gasteiger partial charge in [-0.15, -0.1) is 0 Å². The van der Waals surface area contributed by atoms with Crippen molar-refractivity contribution in [2.75, 3.05) is 20.2 Å². The second-order valence-electron chi connectivity index (χ2n) is 6.73. The highest BCUT2D eigenvalue weighted by Gasteiger charge is 2.38. The van der Waals surface area contributed by atoms with Gasteiger partial charge in [0.1, 0.15) is 5.75 Å². The zero-order chi connectivity index (χ0) is 22.3. The zero-order valence-electron chi connectivity index (χ0n) is 16.3. The Morgan fingerprint density at radius 3 is 2.53 bits per heavy atom. The molecule has 0 bridgehead atoms. The monoisotopic (exact) mass is 422 g/mol. The fourth-order valence-electron chi connectivity index (χ4n) is 3.29. The maximum Gasteiger partial charge on any atom is 0.490 e. The predicted octanol–water partition coefficient (Wildman–Crippen LogP) is 3.73. The number of benzene rings is 2. The summed E-state index contributed by atoms with van der Waals surface area (Å²) in [6.45, 7) is 1.76. The van der Waals surface area contributed by atoms with Gasteiger partial charge >= 0.3 is 12.1 Å². The van der Waals surface area contributed by atoms with Crippen molar-refractivity contribution in [1.29, 1.82) is 5.26 Å². The Kier molecular flexibility index (Phi) is 7.78. The maximum absolute atomic E-state index is 12.7. The minimum atomic E-state index is -5.08. The molecule has 1 aliphatic rings. The number of hydrogen-bond donors (Lipinski definition) is 2. The first-order valence-corrected chi connectivity index (χ1v) is 9.20. The van der Waals surface area contributed by atoms with Crippen LogP contribution in [0.4, 0.5) is 13.2 Å². The molecule has 6 nitrogen and oxygen atoms in total. The van der Waals surface area contributed by atoms with E-state index < -0.39 is 12.1 Å². The van der Waals surface area contributed by atoms with Gasteiger partial charge in [0.15, 0.2) is 5.78 Å². The van der Waals surface area contributed by atoms with Gasteiger partial charge in [-0.3, -0.25) is 4.79 Å². The number of nitrogens with zero attached hydrogens (tertiary/aromatic N) is 1. The second kappa shape index (κ2) is 10.1. The van der Waals surface area contributed by atoms with Crippen LogP contribution in [-0.2, 0) is 11.2 Å². The average Bonchev–Trinajstić information content (AvgIpc) is 2.73. The number of methoxy groups -OCH3 is 1. The Morgan fingerprint density at radius 1 is 1.30 bits per heavy atom. The molecule has 3 rings (SSSR count). The highest BCUT2D eigenvalue weighted by atomic mass is 19.4. The third-order valence-corrected chi connectivity index (χ3v) is 4.76. The molecular weight excluding hydrogens is 401 g/mol. The lowest BCUT2D eigenvalue weighted by molar-refractivity contribution is -0.192. The number of ketones is 1. The van der Waals surface area contributed by atoms with Crippen molar-refractivity contribution in [2.24, 2.45) is 5.92 Å². The number of halogens is 3. The van der Waals surface area contributed by atoms with E-state index >= 15 is 0 Å². The number of Topliss-reactive ketones (excluding diaryl/α,β-unsaturated/α-hetero) is 1. The number of carbonyl (C=O) groups excluding carboxylic acids is 1. The van der Waals surface area contributed by atoms with Crippen molar-refractivity contribution < 1.29 is 32.6 Å². The Labute approximate surface area is 171 Å². The van der Waals surface area contributed by atoms with E-state index in [0.717, 1.165) is 53.6 Å². The lowest BCUT2D eigenvalue weighted by Gasteiger charge is -2.21. The first-order valence-electron chi connectivity index (χ1n) is 9.20. The molecule has 2 aromatic carbocycles. The minimum Gasteiger partial charge on any atom is -0.496 e. The molecule has 1 heterocycles. The number of nitrogens with one attached hydrogen (secondary N) is 1. The summed E-state index contributed by atoms with van der Waals surface area (Å²) < 4.78 is 37.1. The third kappa shape index (κ3) is 5.70. The average molecular weight is 422 g/mol. The van der Waals surface area contributed by atoms with Gasteiger partial charge in [0.05, 0.1) is 19.6 Å². The van der Waals surface area contributed by atoms with Gasteiger partial charge in [-0.2, -0.15) is 18.4 Å². The Balaban J connectivity index is 0.000000396. The summed E-state index contributed by atoms with van der Waals surface area (Å²) in [7, 11) is 1.61. The molecule has 1 fully saturated rings. The molecule has 2 aromatic rings. The number of hydrogen-bond acceptors (Lipinski definition) is 5. The van der Waals surface area contributed by atoms with E-state index in [1.807, 2.05) is 30.3 Å². The van der Waals surface area contributed by atoms with Crippen molar-refractivity contribution in [3.05, 3.63) is 41.5 Å². The van der Waals surface area contributed by atoms with Gasteiger partial charge in [-0.25, -0.2) is 4.79 Å². The molecule has 1 unspecified atom stereocenters. The summed E-state index contributed by atoms with van der Waals surface area (Å²) in [6, 6.07) is 11.8. The number of fused-ring (bicyclic) bond motifs is 1. The van der Waals surface area contributed by atoms with Crippen LogP contribution in [0.5, 0.6) is 5.75 Å². The van der Waals surface area contributed by atoms with Crippen molar-refractivity contribution in [2.45, 2.75) is 25.4 Å². The van der Waals surface area contributed by atoms with Crippen molar-refractivity contribution in [1.82, 2.24) is 5.32 Å². The van der Waals surface area contributed by atoms with Crippen molar-refractivity contribution >= 4 is 22.5 Å². The normalized spacial score (nSPS) is 16.2. The number of nitriles is 1. The van der Waals surface area contributed by atoms with Crippen LogP contribution in [0.2, 0.25) is 0 Å². The number of piperidine rings is 1. The summed E-state index contributed by atoms with van der Waals surface area (Å²) in [4.78, 5) is 21.6. The molecule has 9 heteroatoms. The topological polar surface area (TPSA) is 99.4 Å². The van der Waals surface area contributed by atoms with Crippen LogP contribution in [-0.4, -0.2) is 43.2 Å². The SMILES string of the molecule is COc1ccc2cc(C(=O)C3CCCNC3)ccc2c1CC#N.O=C(O)C(F)(F)F. The quantitative estimate of drug-likeness (QED) is 0.729. The van der Waals surface area contributed by atoms with Crippen LogP contribution < -0.4 is 10.1 Å². The number of aliphatic carboxylic acids is 1. The molecule has 0 aliphatic carbocycles. The molecular formula is C21H21F3N2O4. The lowest BCUT2D eigenvalue weighted by atomic mass is 9.89. The van der Waals surface area contributed by atoms with E-state index in [1.54, 1.807) is 7.11 Å². The van der Waals surface area contributed by atoms with Crippen LogP contribution in [0.15, 0.2) is 30.3 Å². The van der Waals surface area contributed by atoms with Gasteiger partial charge < -0.3 is 15.2 Å². The van der Waals surface area contributed by atoms with Crippen LogP contribution in [0.3, 0.4) is 0 Å². The molecule has 2 N–H and O–H groups in total. The molecule has 1 aliphatic heterocycles. The Hall–Kier alpha value is -3.12. The number of alkyl halides is 3. The lowest BCUT2D eigenvalue weighted by Crippen LogP contribution is -2.34. The first-order chi connectivity index (χ1) is 14.2. The standard InChI is InChI=1S/C19H20N2O2.C2HF3O2/c1-23-18-7-5-13-11-14(4-6-16(13)17(18)8-9-20)19(22)15-3-2-10-21-12-15;3-2(4,5)1(6)7/h4-7,11,15,21H,2-3,8,10,12H2,1H3;(H,6,7). The van der Waals surface area contributed by atoms with Crippen LogP contribution >= 0.6 is 0 Å². The second-order valence-corrected chi connectivity index (χ2v) is 6.73. The van der Waals surface area contributed by atoms with Crippen LogP contribution in [0.1, 0.15) is 28.8 Å². The summed E-state index contributed by atoms with van der Waals surface area (Å²) in [5, 5.41) is 21.4. The fraction of sp³-hybridized carbons (Fsp3) is 0.381. The Morgan fingerprint density at radius 2 is 2.00 bits per heavy atom. The van der Waals surface area contributed by atoms with Crippen molar-refractivity contribution in [3.63, 3.8) is 0 Å². The number of carbonyl (C=O) groups is 2. The minimum absolute atomic E-state index is 0.0676. The van der Waals surface area contributed by atoms with Gasteiger partial charge in [0, 0.05) is 23.6 Å². The molecule has 0 radical (unpaired) electrons. The van der Waals surface area contributed by atoms with E-state index in [-0.39, 0.29) is 11.7 Å². The fourth-order valence-corrected chi connectivity index (χ4v) is 3.29. The zero-order valence-corrected chi connectivity index (χ0v) is 16.3. The van der Waals surface area contributed by atoms with E-state index in [4.69, 9.17) is 19.9 Å². The Bertz CT molecular complexity index is 961. The van der Waals surface area contributed by atoms with E-state index in [2.05, 4.69) is 11.4 Å². The van der Waals surface area contributed by atoms with E-state index in [1.165, 1.54) is 0 Å². The molecule has 0 aromatic heterocycles. The molecule has 30 heavy (non-hydrogen) atoms. The maximum atomic E-state index is 12.7. The van der Waals surface area contributed by atoms with E-state index in [9.17, 15) is 18.0 Å². The third-order valence-electron chi connectivity index (χ3n) is 4.76. The first kappa shape index (κ1) is 23.2. The summed E-state index contributed by atoms with van der Waals surface area (Å²) in [5.74, 6) is -1.77. The number of ether oxygens (including phenoxy) is 1. The molecule has 0 spiro atoms. The summed E-state index contributed by atoms with van der Waals surface area (Å²) in [5.41, 5.74) is 1.63. The highest BCUT2D eigenvalue weighted by molar-refractivity contribution is 6.02. The summed E-state index contributed by atoms with van der Waals surface area (Å²) >= 11 is 0. The number of carboxylic acids is 1. The molecule has 1 saturated heterocycles. The van der Waals surface area contributed by atoms with E-state index in [0.29, 0.717) is 6.42 Å². The molecule has 0 saturated carbocycles. The smallest absolute Gasteiger partial charge is 0.490 e. The molecule has 0 amide bonds. The van der Waals surface area contributed by atoms with Crippen molar-refractivity contribution in [3.8, 4) is 11.8 Å². The van der Waals surface area contributed by atoms with Gasteiger partial charge in [0.2, 0.25) is 0 Å². The molecule has 1 atom stereocenters. The van der Waals surface area contributed by atoms with Gasteiger partial charge in [0.25, 0.3) is 0 Å². The van der Waals surface area contributed by atoms with Gasteiger partial charge in [-0.1, -0.05) is 18.2 Å². The van der Waals surface area contributed by atoms with Crippen LogP contribution in [0, 0.1) is 17.2 Å². The number of carboxylic acid groups (broad SMARTS) is 1. The largest absolute Gasteiger partial charge is 0.496 e. The highest BCUT2D eigenvalue weighted by Crippen LogP contribution is 2.30. The van der Waals surface area contributed by atoms with Gasteiger partial charge in [-0.05, 0) is 42.3 Å². The summed E-state index contributed by atoms with van der Waals surface area (Å²) in [6.07, 6.45) is -2.79. The molecule has 160 valence electrons. The van der Waals surface area contributed by atoms with Crippen LogP contribution in [0.25, 0.3) is 10.8 Å².